The maximum absolute atomic E-state index is 11.6. The van der Waals surface area contributed by atoms with Gasteiger partial charge in [0.2, 0.25) is 0 Å². The molecule has 1 aliphatic carbocycles. The van der Waals surface area contributed by atoms with Crippen molar-refractivity contribution in [1.82, 2.24) is 0 Å². The molecule has 3 nitrogen and oxygen atoms in total. The molecule has 0 aromatic carbocycles. The van der Waals surface area contributed by atoms with Crippen LogP contribution in [0, 0.1) is 5.41 Å². The Balaban J connectivity index is 2.73. The Morgan fingerprint density at radius 3 is 2.85 bits per heavy atom. The molecule has 0 aliphatic heterocycles. The number of nitrogens with two attached hydrogens (primary N) is 1. The molecule has 0 aromatic rings. The van der Waals surface area contributed by atoms with E-state index in [2.05, 4.69) is 0 Å². The lowest BCUT2D eigenvalue weighted by atomic mass is 9.70. The van der Waals surface area contributed by atoms with Gasteiger partial charge in [0.05, 0.1) is 12.5 Å². The Morgan fingerprint density at radius 2 is 2.38 bits per heavy atom. The first kappa shape index (κ1) is 10.5. The third-order valence-corrected chi connectivity index (χ3v) is 3.18. The fourth-order valence-corrected chi connectivity index (χ4v) is 2.28. The van der Waals surface area contributed by atoms with Gasteiger partial charge in [-0.2, -0.15) is 0 Å². The topological polar surface area (TPSA) is 52.3 Å². The second-order valence-electron chi connectivity index (χ2n) is 3.98. The average molecular weight is 185 g/mol. The van der Waals surface area contributed by atoms with Crippen LogP contribution in [0.3, 0.4) is 0 Å². The maximum atomic E-state index is 11.6. The molecule has 0 bridgehead atoms. The van der Waals surface area contributed by atoms with Crippen molar-refractivity contribution < 1.29 is 9.53 Å². The second-order valence-corrected chi connectivity index (χ2v) is 3.98. The summed E-state index contributed by atoms with van der Waals surface area (Å²) in [4.78, 5) is 11.6. The van der Waals surface area contributed by atoms with Gasteiger partial charge in [0.25, 0.3) is 0 Å². The van der Waals surface area contributed by atoms with Crippen LogP contribution in [0.1, 0.15) is 39.0 Å². The number of carbonyl (C=O) groups is 1. The molecule has 0 aromatic heterocycles. The van der Waals surface area contributed by atoms with Crippen molar-refractivity contribution in [3.05, 3.63) is 0 Å². The third kappa shape index (κ3) is 2.02. The Bertz CT molecular complexity index is 193. The predicted octanol–water partition coefficient (Wildman–Crippen LogP) is 1.46. The van der Waals surface area contributed by atoms with Crippen molar-refractivity contribution in [1.29, 1.82) is 0 Å². The summed E-state index contributed by atoms with van der Waals surface area (Å²) in [5, 5.41) is 0. The van der Waals surface area contributed by atoms with E-state index in [-0.39, 0.29) is 17.4 Å². The molecule has 0 saturated heterocycles. The minimum atomic E-state index is -0.285. The molecule has 2 N–H and O–H groups in total. The number of carbonyl (C=O) groups excluding carboxylic acids is 1. The van der Waals surface area contributed by atoms with E-state index in [0.29, 0.717) is 0 Å². The van der Waals surface area contributed by atoms with Gasteiger partial charge in [0.1, 0.15) is 0 Å². The lowest BCUT2D eigenvalue weighted by molar-refractivity contribution is -0.155. The highest BCUT2D eigenvalue weighted by molar-refractivity contribution is 5.76. The van der Waals surface area contributed by atoms with E-state index in [4.69, 9.17) is 10.5 Å². The number of ether oxygens (including phenoxy) is 1. The standard InChI is InChI=1S/C10H19NO2/c1-3-10(9(12)13-2)6-4-5-8(11)7-10/h8H,3-7,11H2,1-2H3. The zero-order valence-corrected chi connectivity index (χ0v) is 8.51. The smallest absolute Gasteiger partial charge is 0.311 e. The van der Waals surface area contributed by atoms with Crippen LogP contribution in [0.2, 0.25) is 0 Å². The first-order chi connectivity index (χ1) is 6.14. The van der Waals surface area contributed by atoms with Gasteiger partial charge in [0, 0.05) is 6.04 Å². The molecule has 13 heavy (non-hydrogen) atoms. The maximum Gasteiger partial charge on any atom is 0.311 e. The van der Waals surface area contributed by atoms with E-state index in [9.17, 15) is 4.79 Å². The third-order valence-electron chi connectivity index (χ3n) is 3.18. The van der Waals surface area contributed by atoms with E-state index in [1.807, 2.05) is 6.92 Å². The van der Waals surface area contributed by atoms with Crippen molar-refractivity contribution >= 4 is 5.97 Å². The van der Waals surface area contributed by atoms with Crippen molar-refractivity contribution in [3.63, 3.8) is 0 Å². The fraction of sp³-hybridized carbons (Fsp3) is 0.900. The normalized spacial score (nSPS) is 34.2. The molecule has 0 spiro atoms. The monoisotopic (exact) mass is 185 g/mol. The van der Waals surface area contributed by atoms with Gasteiger partial charge < -0.3 is 10.5 Å². The zero-order valence-electron chi connectivity index (χ0n) is 8.51. The van der Waals surface area contributed by atoms with Gasteiger partial charge in [-0.15, -0.1) is 0 Å². The van der Waals surface area contributed by atoms with Crippen molar-refractivity contribution in [2.75, 3.05) is 7.11 Å². The molecule has 1 fully saturated rings. The first-order valence-electron chi connectivity index (χ1n) is 4.98. The minimum absolute atomic E-state index is 0.0786. The molecular formula is C10H19NO2. The summed E-state index contributed by atoms with van der Waals surface area (Å²) in [5.74, 6) is -0.0786. The van der Waals surface area contributed by atoms with Crippen LogP contribution in [-0.2, 0) is 9.53 Å². The number of hydrogen-bond acceptors (Lipinski definition) is 3. The molecule has 1 rings (SSSR count). The van der Waals surface area contributed by atoms with Crippen LogP contribution in [-0.4, -0.2) is 19.1 Å². The molecule has 2 atom stereocenters. The van der Waals surface area contributed by atoms with Crippen LogP contribution in [0.5, 0.6) is 0 Å². The highest BCUT2D eigenvalue weighted by Crippen LogP contribution is 2.39. The zero-order chi connectivity index (χ0) is 9.90. The SMILES string of the molecule is CCC1(C(=O)OC)CCCC(N)C1. The van der Waals surface area contributed by atoms with Crippen LogP contribution in [0.4, 0.5) is 0 Å². The summed E-state index contributed by atoms with van der Waals surface area (Å²) in [5.41, 5.74) is 5.59. The Kier molecular flexibility index (Phi) is 3.31. The van der Waals surface area contributed by atoms with Crippen LogP contribution in [0.15, 0.2) is 0 Å². The number of methoxy groups -OCH3 is 1. The van der Waals surface area contributed by atoms with Crippen LogP contribution >= 0.6 is 0 Å². The molecule has 0 heterocycles. The molecular weight excluding hydrogens is 166 g/mol. The van der Waals surface area contributed by atoms with Gasteiger partial charge in [0.15, 0.2) is 0 Å². The van der Waals surface area contributed by atoms with Crippen molar-refractivity contribution in [2.24, 2.45) is 11.1 Å². The van der Waals surface area contributed by atoms with E-state index in [0.717, 1.165) is 32.1 Å². The minimum Gasteiger partial charge on any atom is -0.469 e. The average Bonchev–Trinajstić information content (AvgIpc) is 2.16. The van der Waals surface area contributed by atoms with Crippen LogP contribution < -0.4 is 5.73 Å². The van der Waals surface area contributed by atoms with Gasteiger partial charge >= 0.3 is 5.97 Å². The largest absolute Gasteiger partial charge is 0.469 e. The first-order valence-corrected chi connectivity index (χ1v) is 4.98. The molecule has 2 unspecified atom stereocenters. The summed E-state index contributed by atoms with van der Waals surface area (Å²) < 4.78 is 4.84. The quantitative estimate of drug-likeness (QED) is 0.662. The molecule has 76 valence electrons. The summed E-state index contributed by atoms with van der Waals surface area (Å²) >= 11 is 0. The molecule has 0 amide bonds. The number of esters is 1. The fourth-order valence-electron chi connectivity index (χ4n) is 2.28. The van der Waals surface area contributed by atoms with E-state index >= 15 is 0 Å². The summed E-state index contributed by atoms with van der Waals surface area (Å²) in [6, 6.07) is 0.174. The Morgan fingerprint density at radius 1 is 1.69 bits per heavy atom. The van der Waals surface area contributed by atoms with Gasteiger partial charge in [-0.3, -0.25) is 4.79 Å². The van der Waals surface area contributed by atoms with Gasteiger partial charge in [-0.1, -0.05) is 13.3 Å². The van der Waals surface area contributed by atoms with Gasteiger partial charge in [-0.25, -0.2) is 0 Å². The van der Waals surface area contributed by atoms with Crippen LogP contribution in [0.25, 0.3) is 0 Å². The second kappa shape index (κ2) is 4.09. The number of hydrogen-bond donors (Lipinski definition) is 1. The Hall–Kier alpha value is -0.570. The highest BCUT2D eigenvalue weighted by Gasteiger charge is 2.41. The lowest BCUT2D eigenvalue weighted by Gasteiger charge is -2.36. The summed E-state index contributed by atoms with van der Waals surface area (Å²) in [7, 11) is 1.46. The molecule has 1 aliphatic rings. The summed E-state index contributed by atoms with van der Waals surface area (Å²) in [6.07, 6.45) is 4.65. The van der Waals surface area contributed by atoms with Crippen molar-refractivity contribution in [2.45, 2.75) is 45.1 Å². The highest BCUT2D eigenvalue weighted by atomic mass is 16.5. The van der Waals surface area contributed by atoms with Crippen molar-refractivity contribution in [3.8, 4) is 0 Å². The molecule has 1 saturated carbocycles. The van der Waals surface area contributed by atoms with E-state index in [1.165, 1.54) is 7.11 Å². The van der Waals surface area contributed by atoms with E-state index < -0.39 is 0 Å². The predicted molar refractivity (Wildman–Crippen MR) is 51.2 cm³/mol. The molecule has 3 heteroatoms. The number of rotatable bonds is 2. The Labute approximate surface area is 79.6 Å². The summed E-state index contributed by atoms with van der Waals surface area (Å²) in [6.45, 7) is 2.04. The van der Waals surface area contributed by atoms with Gasteiger partial charge in [-0.05, 0) is 25.7 Å². The lowest BCUT2D eigenvalue weighted by Crippen LogP contribution is -2.41. The molecule has 0 radical (unpaired) electrons. The van der Waals surface area contributed by atoms with E-state index in [1.54, 1.807) is 0 Å².